The van der Waals surface area contributed by atoms with Crippen molar-refractivity contribution in [3.05, 3.63) is 35.4 Å². The number of nitrogens with zero attached hydrogens (tertiary/aromatic N) is 1. The molecule has 0 bridgehead atoms. The summed E-state index contributed by atoms with van der Waals surface area (Å²) in [6, 6.07) is 7.39. The lowest BCUT2D eigenvalue weighted by Gasteiger charge is -1.94. The third-order valence-electron chi connectivity index (χ3n) is 1.45. The minimum atomic E-state index is -1.52. The lowest BCUT2D eigenvalue weighted by Crippen LogP contribution is -2.12. The van der Waals surface area contributed by atoms with Gasteiger partial charge in [0.1, 0.15) is 0 Å². The number of ketones is 1. The summed E-state index contributed by atoms with van der Waals surface area (Å²) in [5, 5.41) is 16.8. The predicted molar refractivity (Wildman–Crippen MR) is 43.1 cm³/mol. The van der Waals surface area contributed by atoms with Crippen molar-refractivity contribution in [1.29, 1.82) is 5.26 Å². The van der Waals surface area contributed by atoms with Gasteiger partial charge in [0, 0.05) is 5.56 Å². The summed E-state index contributed by atoms with van der Waals surface area (Å²) in [5.74, 6) is -2.52. The highest BCUT2D eigenvalue weighted by atomic mass is 16.4. The summed E-state index contributed by atoms with van der Waals surface area (Å²) < 4.78 is 0. The summed E-state index contributed by atoms with van der Waals surface area (Å²) in [6.45, 7) is 0. The number of carbonyl (C=O) groups excluding carboxylic acids is 1. The standard InChI is InChI=1S/C9H5NO3/c10-5-6-2-1-3-7(4-6)8(11)9(12)13/h1-4H,(H,12,13)/i8+1. The summed E-state index contributed by atoms with van der Waals surface area (Å²) >= 11 is 0. The van der Waals surface area contributed by atoms with Gasteiger partial charge in [-0.25, -0.2) is 4.79 Å². The molecular weight excluding hydrogens is 171 g/mol. The highest BCUT2D eigenvalue weighted by molar-refractivity contribution is 6.39. The number of benzene rings is 1. The lowest BCUT2D eigenvalue weighted by atomic mass is 10.2. The van der Waals surface area contributed by atoms with Crippen LogP contribution in [0, 0.1) is 11.3 Å². The first-order chi connectivity index (χ1) is 6.15. The van der Waals surface area contributed by atoms with Crippen molar-refractivity contribution in [2.75, 3.05) is 0 Å². The molecule has 13 heavy (non-hydrogen) atoms. The van der Waals surface area contributed by atoms with Crippen LogP contribution in [0.2, 0.25) is 0 Å². The highest BCUT2D eigenvalue weighted by Gasteiger charge is 2.13. The van der Waals surface area contributed by atoms with E-state index in [1.165, 1.54) is 24.3 Å². The van der Waals surface area contributed by atoms with Crippen LogP contribution in [-0.2, 0) is 4.79 Å². The van der Waals surface area contributed by atoms with E-state index in [1.54, 1.807) is 0 Å². The van der Waals surface area contributed by atoms with Crippen molar-refractivity contribution < 1.29 is 14.7 Å². The number of carbonyl (C=O) groups is 2. The van der Waals surface area contributed by atoms with Crippen LogP contribution in [0.3, 0.4) is 0 Å². The molecule has 0 saturated carbocycles. The van der Waals surface area contributed by atoms with Crippen LogP contribution in [0.5, 0.6) is 0 Å². The van der Waals surface area contributed by atoms with E-state index in [0.717, 1.165) is 0 Å². The molecule has 0 amide bonds. The Kier molecular flexibility index (Phi) is 2.41. The quantitative estimate of drug-likeness (QED) is 0.411. The molecule has 1 N–H and O–H groups in total. The maximum Gasteiger partial charge on any atom is 0.377 e. The third kappa shape index (κ3) is 1.91. The normalized spacial score (nSPS) is 8.85. The first-order valence-electron chi connectivity index (χ1n) is 3.43. The largest absolute Gasteiger partial charge is 0.475 e. The van der Waals surface area contributed by atoms with Gasteiger partial charge in [-0.15, -0.1) is 0 Å². The zero-order valence-electron chi connectivity index (χ0n) is 6.52. The molecular formula is C9H5NO3. The zero-order chi connectivity index (χ0) is 9.84. The predicted octanol–water partition coefficient (Wildman–Crippen LogP) is 0.826. The van der Waals surface area contributed by atoms with Crippen molar-refractivity contribution in [1.82, 2.24) is 0 Å². The number of hydrogen-bond acceptors (Lipinski definition) is 3. The average molecular weight is 176 g/mol. The van der Waals surface area contributed by atoms with Gasteiger partial charge in [-0.1, -0.05) is 12.1 Å². The summed E-state index contributed by atoms with van der Waals surface area (Å²) in [4.78, 5) is 21.2. The Balaban J connectivity index is 3.11. The minimum absolute atomic E-state index is 0.0200. The van der Waals surface area contributed by atoms with E-state index in [1.807, 2.05) is 6.07 Å². The first-order valence-corrected chi connectivity index (χ1v) is 3.43. The summed E-state index contributed by atoms with van der Waals surface area (Å²) in [7, 11) is 0. The molecule has 1 aromatic rings. The third-order valence-corrected chi connectivity index (χ3v) is 1.45. The van der Waals surface area contributed by atoms with Crippen molar-refractivity contribution >= 4 is 11.8 Å². The molecule has 0 aliphatic heterocycles. The molecule has 0 aromatic heterocycles. The highest BCUT2D eigenvalue weighted by Crippen LogP contribution is 2.04. The fourth-order valence-electron chi connectivity index (χ4n) is 0.853. The van der Waals surface area contributed by atoms with Crippen molar-refractivity contribution in [2.45, 2.75) is 0 Å². The molecule has 1 rings (SSSR count). The fraction of sp³-hybridized carbons (Fsp3) is 0. The van der Waals surface area contributed by atoms with E-state index in [9.17, 15) is 9.59 Å². The van der Waals surface area contributed by atoms with Gasteiger partial charge in [0.25, 0.3) is 5.78 Å². The van der Waals surface area contributed by atoms with Gasteiger partial charge in [0.15, 0.2) is 0 Å². The number of aliphatic carboxylic acids is 1. The average Bonchev–Trinajstić information content (AvgIpc) is 2.16. The molecule has 0 aliphatic carbocycles. The fourth-order valence-corrected chi connectivity index (χ4v) is 0.853. The van der Waals surface area contributed by atoms with Gasteiger partial charge in [0.2, 0.25) is 0 Å². The number of carboxylic acids is 1. The minimum Gasteiger partial charge on any atom is -0.475 e. The lowest BCUT2D eigenvalue weighted by molar-refractivity contribution is -0.131. The van der Waals surface area contributed by atoms with E-state index >= 15 is 0 Å². The zero-order valence-corrected chi connectivity index (χ0v) is 6.52. The number of hydrogen-bond donors (Lipinski definition) is 1. The monoisotopic (exact) mass is 176 g/mol. The molecule has 4 nitrogen and oxygen atoms in total. The number of Topliss-reactive ketones (excluding diaryl/α,β-unsaturated/α-hetero) is 1. The molecule has 0 saturated heterocycles. The second kappa shape index (κ2) is 3.50. The SMILES string of the molecule is N#Cc1cccc([13C](=O)C(=O)O)c1. The smallest absolute Gasteiger partial charge is 0.377 e. The van der Waals surface area contributed by atoms with Gasteiger partial charge in [-0.2, -0.15) is 5.26 Å². The maximum absolute atomic E-state index is 10.9. The Morgan fingerprint density at radius 2 is 2.08 bits per heavy atom. The second-order valence-corrected chi connectivity index (χ2v) is 2.33. The molecule has 64 valence electrons. The van der Waals surface area contributed by atoms with E-state index in [4.69, 9.17) is 10.4 Å². The molecule has 0 fully saturated rings. The molecule has 0 heterocycles. The van der Waals surface area contributed by atoms with E-state index in [0.29, 0.717) is 0 Å². The molecule has 0 radical (unpaired) electrons. The molecule has 0 spiro atoms. The molecule has 0 unspecified atom stereocenters. The molecule has 1 aromatic carbocycles. The molecule has 0 aliphatic rings. The van der Waals surface area contributed by atoms with Crippen molar-refractivity contribution in [3.8, 4) is 6.07 Å². The molecule has 0 atom stereocenters. The Morgan fingerprint density at radius 1 is 1.38 bits per heavy atom. The summed E-state index contributed by atoms with van der Waals surface area (Å²) in [5.41, 5.74) is 0.290. The van der Waals surface area contributed by atoms with Crippen LogP contribution in [0.25, 0.3) is 0 Å². The van der Waals surface area contributed by atoms with Crippen LogP contribution in [0.4, 0.5) is 0 Å². The summed E-state index contributed by atoms with van der Waals surface area (Å²) in [6.07, 6.45) is 0. The van der Waals surface area contributed by atoms with Crippen molar-refractivity contribution in [3.63, 3.8) is 0 Å². The first kappa shape index (κ1) is 8.94. The van der Waals surface area contributed by atoms with Crippen LogP contribution in [0.15, 0.2) is 24.3 Å². The van der Waals surface area contributed by atoms with Crippen molar-refractivity contribution in [2.24, 2.45) is 0 Å². The van der Waals surface area contributed by atoms with Crippen LogP contribution < -0.4 is 0 Å². The van der Waals surface area contributed by atoms with Gasteiger partial charge in [-0.3, -0.25) is 4.79 Å². The van der Waals surface area contributed by atoms with Crippen LogP contribution in [-0.4, -0.2) is 16.9 Å². The van der Waals surface area contributed by atoms with E-state index in [-0.39, 0.29) is 11.1 Å². The second-order valence-electron chi connectivity index (χ2n) is 2.33. The maximum atomic E-state index is 10.9. The van der Waals surface area contributed by atoms with Crippen LogP contribution in [0.1, 0.15) is 15.9 Å². The van der Waals surface area contributed by atoms with E-state index < -0.39 is 11.8 Å². The van der Waals surface area contributed by atoms with Gasteiger partial charge < -0.3 is 5.11 Å². The topological polar surface area (TPSA) is 78.2 Å². The number of carboxylic acid groups (broad SMARTS) is 1. The van der Waals surface area contributed by atoms with Gasteiger partial charge in [0.05, 0.1) is 11.6 Å². The Morgan fingerprint density at radius 3 is 2.62 bits per heavy atom. The van der Waals surface area contributed by atoms with Gasteiger partial charge in [-0.05, 0) is 12.1 Å². The Hall–Kier alpha value is -2.15. The van der Waals surface area contributed by atoms with Crippen LogP contribution >= 0.6 is 0 Å². The number of rotatable bonds is 2. The number of nitriles is 1. The van der Waals surface area contributed by atoms with Gasteiger partial charge >= 0.3 is 5.97 Å². The Bertz CT molecular complexity index is 404. The molecule has 4 heteroatoms. The van der Waals surface area contributed by atoms with E-state index in [2.05, 4.69) is 0 Å². The Labute approximate surface area is 74.0 Å².